The fourth-order valence-corrected chi connectivity index (χ4v) is 0.727. The summed E-state index contributed by atoms with van der Waals surface area (Å²) in [4.78, 5) is 10.2. The van der Waals surface area contributed by atoms with Crippen LogP contribution in [0.3, 0.4) is 0 Å². The molecule has 0 saturated heterocycles. The molecule has 0 saturated carbocycles. The van der Waals surface area contributed by atoms with Crippen molar-refractivity contribution in [3.63, 3.8) is 0 Å². The highest BCUT2D eigenvalue weighted by atomic mass is 16.5. The lowest BCUT2D eigenvalue weighted by atomic mass is 9.79. The van der Waals surface area contributed by atoms with Crippen molar-refractivity contribution in [2.75, 3.05) is 6.61 Å². The molecule has 1 rings (SSSR count). The molecule has 58 valence electrons. The number of hydrogen-bond donors (Lipinski definition) is 2. The molecule has 1 heterocycles. The van der Waals surface area contributed by atoms with Gasteiger partial charge in [0.15, 0.2) is 0 Å². The van der Waals surface area contributed by atoms with E-state index in [1.807, 2.05) is 0 Å². The van der Waals surface area contributed by atoms with E-state index in [1.54, 1.807) is 0 Å². The average molecular weight is 154 g/mol. The number of ether oxygens (including phenoxy) is 1. The molecule has 5 heteroatoms. The number of hydrogen-bond acceptors (Lipinski definition) is 4. The van der Waals surface area contributed by atoms with Crippen LogP contribution in [0, 0.1) is 0 Å². The summed E-state index contributed by atoms with van der Waals surface area (Å²) in [5.41, 5.74) is 0.592. The molecule has 1 aliphatic rings. The molecule has 0 spiro atoms. The number of aldehydes is 1. The Bertz CT molecular complexity index is 219. The third kappa shape index (κ3) is 1.93. The van der Waals surface area contributed by atoms with Gasteiger partial charge in [-0.25, -0.2) is 0 Å². The van der Waals surface area contributed by atoms with Gasteiger partial charge in [-0.05, 0) is 6.08 Å². The largest absolute Gasteiger partial charge is 0.497 e. The van der Waals surface area contributed by atoms with E-state index in [0.29, 0.717) is 11.9 Å². The summed E-state index contributed by atoms with van der Waals surface area (Å²) in [7, 11) is -1.58. The standard InChI is InChI=1S/C6H7BO4/c8-2-5-1-6(7(9)10)4-11-3-5/h1-2,4,9-10H,3H2. The van der Waals surface area contributed by atoms with E-state index in [-0.39, 0.29) is 12.1 Å². The average Bonchev–Trinajstić information content (AvgIpc) is 2.05. The van der Waals surface area contributed by atoms with Crippen LogP contribution in [0.25, 0.3) is 0 Å². The monoisotopic (exact) mass is 154 g/mol. The highest BCUT2D eigenvalue weighted by Crippen LogP contribution is 2.09. The Hall–Kier alpha value is -1.07. The topological polar surface area (TPSA) is 66.8 Å². The highest BCUT2D eigenvalue weighted by molar-refractivity contribution is 6.51. The quantitative estimate of drug-likeness (QED) is 0.397. The smallest absolute Gasteiger partial charge is 0.491 e. The van der Waals surface area contributed by atoms with Gasteiger partial charge in [-0.1, -0.05) is 0 Å². The second-order valence-corrected chi connectivity index (χ2v) is 2.14. The maximum atomic E-state index is 10.2. The lowest BCUT2D eigenvalue weighted by Gasteiger charge is -2.09. The molecule has 0 aliphatic carbocycles. The summed E-state index contributed by atoms with van der Waals surface area (Å²) in [5.74, 6) is 0. The van der Waals surface area contributed by atoms with Gasteiger partial charge in [0.1, 0.15) is 12.9 Å². The molecular formula is C6H7BO4. The predicted molar refractivity (Wildman–Crippen MR) is 38.4 cm³/mol. The van der Waals surface area contributed by atoms with Crippen LogP contribution in [0.4, 0.5) is 0 Å². The van der Waals surface area contributed by atoms with Crippen molar-refractivity contribution in [3.8, 4) is 0 Å². The minimum atomic E-state index is -1.58. The van der Waals surface area contributed by atoms with E-state index < -0.39 is 7.12 Å². The maximum Gasteiger partial charge on any atom is 0.491 e. The number of carbonyl (C=O) groups is 1. The molecule has 0 aromatic heterocycles. The van der Waals surface area contributed by atoms with Crippen LogP contribution in [0.15, 0.2) is 23.4 Å². The minimum Gasteiger partial charge on any atom is -0.497 e. The summed E-state index contributed by atoms with van der Waals surface area (Å²) in [6.07, 6.45) is 3.23. The number of allylic oxidation sites excluding steroid dienone is 2. The Balaban J connectivity index is 2.75. The van der Waals surface area contributed by atoms with E-state index in [2.05, 4.69) is 0 Å². The summed E-state index contributed by atoms with van der Waals surface area (Å²) in [6, 6.07) is 0. The van der Waals surface area contributed by atoms with Crippen molar-refractivity contribution in [3.05, 3.63) is 23.4 Å². The summed E-state index contributed by atoms with van der Waals surface area (Å²) in [5, 5.41) is 17.3. The molecule has 1 aliphatic heterocycles. The zero-order chi connectivity index (χ0) is 8.27. The SMILES string of the molecule is O=CC1=CC(B(O)O)=COC1. The van der Waals surface area contributed by atoms with Crippen LogP contribution in [-0.2, 0) is 9.53 Å². The fourth-order valence-electron chi connectivity index (χ4n) is 0.727. The molecule has 0 aromatic rings. The maximum absolute atomic E-state index is 10.2. The molecule has 0 aromatic carbocycles. The van der Waals surface area contributed by atoms with E-state index in [9.17, 15) is 4.79 Å². The van der Waals surface area contributed by atoms with Crippen molar-refractivity contribution in [2.24, 2.45) is 0 Å². The Morgan fingerprint density at radius 3 is 2.91 bits per heavy atom. The van der Waals surface area contributed by atoms with E-state index in [4.69, 9.17) is 14.8 Å². The normalized spacial score (nSPS) is 16.2. The molecule has 0 unspecified atom stereocenters. The van der Waals surface area contributed by atoms with Gasteiger partial charge in [-0.15, -0.1) is 0 Å². The van der Waals surface area contributed by atoms with Gasteiger partial charge in [0.25, 0.3) is 0 Å². The second kappa shape index (κ2) is 3.36. The Morgan fingerprint density at radius 1 is 1.64 bits per heavy atom. The van der Waals surface area contributed by atoms with Gasteiger partial charge in [-0.3, -0.25) is 4.79 Å². The van der Waals surface area contributed by atoms with Gasteiger partial charge >= 0.3 is 7.12 Å². The van der Waals surface area contributed by atoms with Crippen molar-refractivity contribution in [1.29, 1.82) is 0 Å². The molecule has 0 amide bonds. The highest BCUT2D eigenvalue weighted by Gasteiger charge is 2.16. The van der Waals surface area contributed by atoms with Crippen molar-refractivity contribution in [2.45, 2.75) is 0 Å². The summed E-state index contributed by atoms with van der Waals surface area (Å²) in [6.45, 7) is 0.194. The summed E-state index contributed by atoms with van der Waals surface area (Å²) < 4.78 is 4.77. The van der Waals surface area contributed by atoms with Crippen LogP contribution < -0.4 is 0 Å². The Kier molecular flexibility index (Phi) is 2.46. The number of carbonyl (C=O) groups excluding carboxylic acids is 1. The molecule has 0 fully saturated rings. The molecule has 0 radical (unpaired) electrons. The third-order valence-corrected chi connectivity index (χ3v) is 1.27. The summed E-state index contributed by atoms with van der Waals surface area (Å²) >= 11 is 0. The third-order valence-electron chi connectivity index (χ3n) is 1.27. The second-order valence-electron chi connectivity index (χ2n) is 2.14. The Labute approximate surface area is 63.9 Å². The number of rotatable bonds is 2. The molecule has 0 atom stereocenters. The molecule has 0 bridgehead atoms. The van der Waals surface area contributed by atoms with Crippen LogP contribution in [0.2, 0.25) is 0 Å². The minimum absolute atomic E-state index is 0.193. The molecule has 4 nitrogen and oxygen atoms in total. The van der Waals surface area contributed by atoms with E-state index in [1.165, 1.54) is 12.3 Å². The first-order chi connectivity index (χ1) is 5.24. The van der Waals surface area contributed by atoms with Gasteiger partial charge in [-0.2, -0.15) is 0 Å². The zero-order valence-electron chi connectivity index (χ0n) is 5.73. The lowest BCUT2D eigenvalue weighted by molar-refractivity contribution is -0.105. The van der Waals surface area contributed by atoms with Crippen LogP contribution in [0.1, 0.15) is 0 Å². The van der Waals surface area contributed by atoms with Gasteiger partial charge in [0.05, 0.1) is 6.26 Å². The zero-order valence-corrected chi connectivity index (χ0v) is 5.73. The van der Waals surface area contributed by atoms with Gasteiger partial charge in [0, 0.05) is 11.0 Å². The lowest BCUT2D eigenvalue weighted by Crippen LogP contribution is -2.17. The molecule has 11 heavy (non-hydrogen) atoms. The van der Waals surface area contributed by atoms with Crippen LogP contribution >= 0.6 is 0 Å². The van der Waals surface area contributed by atoms with E-state index >= 15 is 0 Å². The molecule has 2 N–H and O–H groups in total. The van der Waals surface area contributed by atoms with E-state index in [0.717, 1.165) is 0 Å². The predicted octanol–water partition coefficient (Wildman–Crippen LogP) is -0.962. The molecular weight excluding hydrogens is 147 g/mol. The first kappa shape index (κ1) is 8.04. The first-order valence-electron chi connectivity index (χ1n) is 3.07. The fraction of sp³-hybridized carbons (Fsp3) is 0.167. The van der Waals surface area contributed by atoms with Crippen LogP contribution in [-0.4, -0.2) is 30.1 Å². The van der Waals surface area contributed by atoms with Crippen molar-refractivity contribution >= 4 is 13.4 Å². The van der Waals surface area contributed by atoms with Gasteiger partial charge < -0.3 is 14.8 Å². The Morgan fingerprint density at radius 2 is 2.36 bits per heavy atom. The van der Waals surface area contributed by atoms with Gasteiger partial charge in [0.2, 0.25) is 0 Å². The first-order valence-corrected chi connectivity index (χ1v) is 3.07. The van der Waals surface area contributed by atoms with Crippen molar-refractivity contribution in [1.82, 2.24) is 0 Å². The van der Waals surface area contributed by atoms with Crippen LogP contribution in [0.5, 0.6) is 0 Å². The van der Waals surface area contributed by atoms with Crippen molar-refractivity contribution < 1.29 is 19.6 Å².